The molecule has 98 valence electrons. The number of nitrogens with two attached hydrogens (primary N) is 1. The fourth-order valence-electron chi connectivity index (χ4n) is 2.02. The van der Waals surface area contributed by atoms with Crippen LogP contribution >= 0.6 is 0 Å². The molecule has 2 atom stereocenters. The molecule has 0 saturated heterocycles. The van der Waals surface area contributed by atoms with E-state index in [1.807, 2.05) is 0 Å². The van der Waals surface area contributed by atoms with Crippen molar-refractivity contribution >= 4 is 16.6 Å². The molecule has 2 unspecified atom stereocenters. The summed E-state index contributed by atoms with van der Waals surface area (Å²) in [6.45, 7) is 11.0. The first-order valence-electron chi connectivity index (χ1n) is 6.42. The van der Waals surface area contributed by atoms with Crippen molar-refractivity contribution in [2.45, 2.75) is 64.3 Å². The Morgan fingerprint density at radius 1 is 1.00 bits per heavy atom. The quantitative estimate of drug-likeness (QED) is 0.541. The molecule has 0 aliphatic carbocycles. The molecule has 16 heavy (non-hydrogen) atoms. The van der Waals surface area contributed by atoms with Crippen LogP contribution in [0.25, 0.3) is 0 Å². The van der Waals surface area contributed by atoms with Gasteiger partial charge < -0.3 is 14.6 Å². The zero-order valence-electron chi connectivity index (χ0n) is 11.8. The highest BCUT2D eigenvalue weighted by Gasteiger charge is 2.40. The van der Waals surface area contributed by atoms with E-state index in [1.165, 1.54) is 18.1 Å². The van der Waals surface area contributed by atoms with Gasteiger partial charge in [0.05, 0.1) is 5.85 Å². The van der Waals surface area contributed by atoms with Crippen molar-refractivity contribution in [1.29, 1.82) is 0 Å². The Balaban J connectivity index is 4.70. The van der Waals surface area contributed by atoms with Crippen LogP contribution in [0.2, 0.25) is 30.7 Å². The maximum atomic E-state index is 6.32. The molecule has 0 aliphatic rings. The monoisotopic (exact) mass is 263 g/mol. The minimum atomic E-state index is -2.01. The van der Waals surface area contributed by atoms with Crippen molar-refractivity contribution in [2.24, 2.45) is 5.73 Å². The van der Waals surface area contributed by atoms with Crippen LogP contribution in [0.3, 0.4) is 0 Å². The summed E-state index contributed by atoms with van der Waals surface area (Å²) in [5, 5.41) is 0. The van der Waals surface area contributed by atoms with Crippen LogP contribution in [0.1, 0.15) is 27.7 Å². The average Bonchev–Trinajstić information content (AvgIpc) is 2.32. The Morgan fingerprint density at radius 2 is 1.44 bits per heavy atom. The second kappa shape index (κ2) is 6.91. The first kappa shape index (κ1) is 16.3. The van der Waals surface area contributed by atoms with Crippen molar-refractivity contribution in [1.82, 2.24) is 0 Å². The maximum absolute atomic E-state index is 6.32. The molecule has 0 fully saturated rings. The molecule has 0 bridgehead atoms. The smallest absolute Gasteiger partial charge is 0.335 e. The molecule has 0 amide bonds. The predicted octanol–water partition coefficient (Wildman–Crippen LogP) is 3.07. The molecular weight excluding hydrogens is 234 g/mol. The third-order valence-electron chi connectivity index (χ3n) is 4.17. The normalized spacial score (nSPS) is 18.2. The van der Waals surface area contributed by atoms with Gasteiger partial charge in [0.2, 0.25) is 0 Å². The van der Waals surface area contributed by atoms with Crippen LogP contribution in [-0.2, 0) is 8.85 Å². The van der Waals surface area contributed by atoms with Gasteiger partial charge in [0.15, 0.2) is 0 Å². The molecule has 0 aromatic carbocycles. The zero-order chi connectivity index (χ0) is 12.8. The standard InChI is InChI=1S/C11H29NO2Si2/c1-7-15(6,13-5)14-11(12)16(8-2,9-3)10-4/h11H,7-10,12H2,1-6H3. The Kier molecular flexibility index (Phi) is 7.04. The molecule has 0 aromatic rings. The highest BCUT2D eigenvalue weighted by Crippen LogP contribution is 2.26. The zero-order valence-corrected chi connectivity index (χ0v) is 13.8. The van der Waals surface area contributed by atoms with E-state index in [1.54, 1.807) is 7.11 Å². The van der Waals surface area contributed by atoms with Gasteiger partial charge in [0, 0.05) is 7.11 Å². The average molecular weight is 264 g/mol. The molecule has 0 radical (unpaired) electrons. The fourth-order valence-corrected chi connectivity index (χ4v) is 7.57. The van der Waals surface area contributed by atoms with E-state index in [-0.39, 0.29) is 5.85 Å². The Hall–Kier alpha value is 0.314. The van der Waals surface area contributed by atoms with Crippen molar-refractivity contribution < 1.29 is 8.85 Å². The lowest BCUT2D eigenvalue weighted by atomic mass is 10.9. The van der Waals surface area contributed by atoms with E-state index in [0.29, 0.717) is 0 Å². The van der Waals surface area contributed by atoms with E-state index in [0.717, 1.165) is 6.04 Å². The third kappa shape index (κ3) is 3.66. The van der Waals surface area contributed by atoms with Crippen LogP contribution in [0, 0.1) is 0 Å². The van der Waals surface area contributed by atoms with Crippen LogP contribution in [-0.4, -0.2) is 29.6 Å². The lowest BCUT2D eigenvalue weighted by Crippen LogP contribution is -2.58. The summed E-state index contributed by atoms with van der Waals surface area (Å²) in [5.74, 6) is -0.0657. The molecule has 0 saturated carbocycles. The molecule has 0 rings (SSSR count). The van der Waals surface area contributed by atoms with Crippen LogP contribution in [0.4, 0.5) is 0 Å². The van der Waals surface area contributed by atoms with E-state index < -0.39 is 16.6 Å². The van der Waals surface area contributed by atoms with Gasteiger partial charge in [0.25, 0.3) is 0 Å². The summed E-state index contributed by atoms with van der Waals surface area (Å²) >= 11 is 0. The molecule has 2 N–H and O–H groups in total. The third-order valence-corrected chi connectivity index (χ3v) is 12.9. The summed E-state index contributed by atoms with van der Waals surface area (Å²) in [6.07, 6.45) is 0. The van der Waals surface area contributed by atoms with E-state index in [2.05, 4.69) is 34.2 Å². The molecule has 0 heterocycles. The largest absolute Gasteiger partial charge is 0.398 e. The van der Waals surface area contributed by atoms with Crippen molar-refractivity contribution in [3.05, 3.63) is 0 Å². The van der Waals surface area contributed by atoms with Gasteiger partial charge in [-0.25, -0.2) is 0 Å². The summed E-state index contributed by atoms with van der Waals surface area (Å²) < 4.78 is 11.7. The molecule has 0 spiro atoms. The first-order valence-corrected chi connectivity index (χ1v) is 11.6. The van der Waals surface area contributed by atoms with Gasteiger partial charge >= 0.3 is 8.56 Å². The highest BCUT2D eigenvalue weighted by atomic mass is 28.4. The van der Waals surface area contributed by atoms with E-state index in [4.69, 9.17) is 14.6 Å². The van der Waals surface area contributed by atoms with Crippen molar-refractivity contribution in [3.8, 4) is 0 Å². The highest BCUT2D eigenvalue weighted by molar-refractivity contribution is 6.81. The van der Waals surface area contributed by atoms with Gasteiger partial charge in [-0.1, -0.05) is 45.8 Å². The number of hydrogen-bond acceptors (Lipinski definition) is 3. The molecule has 5 heteroatoms. The van der Waals surface area contributed by atoms with Gasteiger partial charge in [-0.3, -0.25) is 0 Å². The Morgan fingerprint density at radius 3 is 1.69 bits per heavy atom. The second-order valence-electron chi connectivity index (χ2n) is 4.65. The van der Waals surface area contributed by atoms with Crippen LogP contribution < -0.4 is 5.73 Å². The summed E-state index contributed by atoms with van der Waals surface area (Å²) in [4.78, 5) is 0. The van der Waals surface area contributed by atoms with Crippen LogP contribution in [0.5, 0.6) is 0 Å². The molecule has 3 nitrogen and oxygen atoms in total. The molecule has 0 aromatic heterocycles. The summed E-state index contributed by atoms with van der Waals surface area (Å²) in [6, 6.07) is 4.54. The van der Waals surface area contributed by atoms with Gasteiger partial charge in [-0.05, 0) is 12.6 Å². The Bertz CT molecular complexity index is 186. The lowest BCUT2D eigenvalue weighted by molar-refractivity contribution is 0.179. The topological polar surface area (TPSA) is 44.5 Å². The predicted molar refractivity (Wildman–Crippen MR) is 75.4 cm³/mol. The van der Waals surface area contributed by atoms with E-state index >= 15 is 0 Å². The minimum absolute atomic E-state index is 0.0657. The fraction of sp³-hybridized carbons (Fsp3) is 1.00. The van der Waals surface area contributed by atoms with Crippen molar-refractivity contribution in [3.63, 3.8) is 0 Å². The number of rotatable bonds is 8. The Labute approximate surface area is 103 Å². The maximum Gasteiger partial charge on any atom is 0.335 e. The summed E-state index contributed by atoms with van der Waals surface area (Å²) in [7, 11) is -1.72. The molecular formula is C11H29NO2Si2. The lowest BCUT2D eigenvalue weighted by Gasteiger charge is -2.38. The van der Waals surface area contributed by atoms with Gasteiger partial charge in [-0.2, -0.15) is 0 Å². The number of hydrogen-bond donors (Lipinski definition) is 1. The van der Waals surface area contributed by atoms with Gasteiger partial charge in [-0.15, -0.1) is 0 Å². The van der Waals surface area contributed by atoms with Crippen LogP contribution in [0.15, 0.2) is 0 Å². The van der Waals surface area contributed by atoms with E-state index in [9.17, 15) is 0 Å². The first-order chi connectivity index (χ1) is 7.43. The molecule has 0 aliphatic heterocycles. The SMILES string of the molecule is CC[Si](C)(OC)OC(N)[Si](CC)(CC)CC. The second-order valence-corrected chi connectivity index (χ2v) is 13.7. The summed E-state index contributed by atoms with van der Waals surface area (Å²) in [5.41, 5.74) is 6.32. The van der Waals surface area contributed by atoms with Gasteiger partial charge in [0.1, 0.15) is 8.07 Å². The van der Waals surface area contributed by atoms with Crippen molar-refractivity contribution in [2.75, 3.05) is 7.11 Å². The minimum Gasteiger partial charge on any atom is -0.398 e.